The van der Waals surface area contributed by atoms with Crippen molar-refractivity contribution in [2.24, 2.45) is 0 Å². The monoisotopic (exact) mass is 327 g/mol. The Hall–Kier alpha value is -1.10. The molecule has 0 saturated carbocycles. The number of amides is 1. The predicted molar refractivity (Wildman–Crippen MR) is 96.0 cm³/mol. The van der Waals surface area contributed by atoms with E-state index in [1.54, 1.807) is 0 Å². The molecule has 126 valence electrons. The molecule has 0 bridgehead atoms. The number of rotatable bonds is 9. The van der Waals surface area contributed by atoms with Crippen LogP contribution in [-0.2, 0) is 6.42 Å². The average molecular weight is 328 g/mol. The summed E-state index contributed by atoms with van der Waals surface area (Å²) in [5.74, 6) is 0.0271. The molecule has 0 aliphatic heterocycles. The molecule has 0 aliphatic carbocycles. The van der Waals surface area contributed by atoms with E-state index in [1.165, 1.54) is 0 Å². The number of nitrogens with zero attached hydrogens (tertiary/aromatic N) is 1. The largest absolute Gasteiger partial charge is 0.351 e. The Morgan fingerprint density at radius 2 is 1.95 bits per heavy atom. The van der Waals surface area contributed by atoms with Crippen LogP contribution >= 0.6 is 12.4 Å². The third kappa shape index (κ3) is 6.77. The first-order valence-corrected chi connectivity index (χ1v) is 7.81. The van der Waals surface area contributed by atoms with E-state index in [0.29, 0.717) is 12.6 Å². The van der Waals surface area contributed by atoms with Crippen LogP contribution in [0.4, 0.5) is 0 Å². The molecule has 22 heavy (non-hydrogen) atoms. The van der Waals surface area contributed by atoms with Gasteiger partial charge in [-0.1, -0.05) is 25.1 Å². The van der Waals surface area contributed by atoms with Crippen molar-refractivity contribution in [3.05, 3.63) is 35.4 Å². The summed E-state index contributed by atoms with van der Waals surface area (Å²) >= 11 is 0. The van der Waals surface area contributed by atoms with Gasteiger partial charge in [0.2, 0.25) is 0 Å². The lowest BCUT2D eigenvalue weighted by Crippen LogP contribution is -2.37. The summed E-state index contributed by atoms with van der Waals surface area (Å²) in [5.41, 5.74) is 1.89. The topological polar surface area (TPSA) is 44.4 Å². The summed E-state index contributed by atoms with van der Waals surface area (Å²) in [5, 5.41) is 6.15. The van der Waals surface area contributed by atoms with Crippen LogP contribution in [0.25, 0.3) is 0 Å². The van der Waals surface area contributed by atoms with Gasteiger partial charge in [-0.25, -0.2) is 0 Å². The van der Waals surface area contributed by atoms with Gasteiger partial charge < -0.3 is 15.5 Å². The van der Waals surface area contributed by atoms with Gasteiger partial charge in [0.05, 0.1) is 0 Å². The van der Waals surface area contributed by atoms with Gasteiger partial charge in [0, 0.05) is 24.7 Å². The van der Waals surface area contributed by atoms with Crippen LogP contribution in [-0.4, -0.2) is 50.6 Å². The summed E-state index contributed by atoms with van der Waals surface area (Å²) in [6.45, 7) is 6.81. The first-order chi connectivity index (χ1) is 10.1. The standard InChI is InChI=1S/C17H29N3O.ClH/c1-5-14(2)20(4)13-12-19-17(21)16-9-7-6-8-15(16)10-11-18-3;/h6-9,14,18H,5,10-13H2,1-4H3,(H,19,21);1H. The van der Waals surface area contributed by atoms with E-state index in [9.17, 15) is 4.79 Å². The normalized spacial score (nSPS) is 11.9. The minimum absolute atomic E-state index is 0. The van der Waals surface area contributed by atoms with Gasteiger partial charge in [-0.05, 0) is 52.0 Å². The Balaban J connectivity index is 0.00000441. The number of nitrogens with one attached hydrogen (secondary N) is 2. The van der Waals surface area contributed by atoms with Crippen LogP contribution in [0.5, 0.6) is 0 Å². The number of benzene rings is 1. The van der Waals surface area contributed by atoms with Crippen molar-refractivity contribution in [2.75, 3.05) is 33.7 Å². The molecule has 0 heterocycles. The molecule has 0 spiro atoms. The first-order valence-electron chi connectivity index (χ1n) is 7.81. The summed E-state index contributed by atoms with van der Waals surface area (Å²) < 4.78 is 0. The first kappa shape index (κ1) is 20.9. The second-order valence-corrected chi connectivity index (χ2v) is 5.50. The van der Waals surface area contributed by atoms with Gasteiger partial charge in [0.1, 0.15) is 0 Å². The molecule has 0 aliphatic rings. The molecule has 4 nitrogen and oxygen atoms in total. The zero-order chi connectivity index (χ0) is 15.7. The zero-order valence-corrected chi connectivity index (χ0v) is 15.0. The van der Waals surface area contributed by atoms with E-state index >= 15 is 0 Å². The fraction of sp³-hybridized carbons (Fsp3) is 0.588. The van der Waals surface area contributed by atoms with Crippen LogP contribution in [0.3, 0.4) is 0 Å². The average Bonchev–Trinajstić information content (AvgIpc) is 2.52. The van der Waals surface area contributed by atoms with Crippen molar-refractivity contribution in [3.8, 4) is 0 Å². The van der Waals surface area contributed by atoms with E-state index in [4.69, 9.17) is 0 Å². The lowest BCUT2D eigenvalue weighted by atomic mass is 10.0. The fourth-order valence-electron chi connectivity index (χ4n) is 2.19. The van der Waals surface area contributed by atoms with Gasteiger partial charge in [0.15, 0.2) is 0 Å². The van der Waals surface area contributed by atoms with E-state index in [2.05, 4.69) is 36.4 Å². The molecule has 2 N–H and O–H groups in total. The Bertz CT molecular complexity index is 440. The molecule has 1 aromatic rings. The highest BCUT2D eigenvalue weighted by atomic mass is 35.5. The van der Waals surface area contributed by atoms with Gasteiger partial charge >= 0.3 is 0 Å². The van der Waals surface area contributed by atoms with Crippen LogP contribution in [0.15, 0.2) is 24.3 Å². The Labute approximate surface area is 141 Å². The minimum Gasteiger partial charge on any atom is -0.351 e. The molecule has 1 atom stereocenters. The van der Waals surface area contributed by atoms with E-state index in [0.717, 1.165) is 37.1 Å². The number of hydrogen-bond donors (Lipinski definition) is 2. The van der Waals surface area contributed by atoms with Gasteiger partial charge in [-0.3, -0.25) is 4.79 Å². The number of hydrogen-bond acceptors (Lipinski definition) is 3. The fourth-order valence-corrected chi connectivity index (χ4v) is 2.19. The smallest absolute Gasteiger partial charge is 0.251 e. The molecule has 1 unspecified atom stereocenters. The summed E-state index contributed by atoms with van der Waals surface area (Å²) in [6.07, 6.45) is 1.99. The van der Waals surface area contributed by atoms with Crippen LogP contribution < -0.4 is 10.6 Å². The molecular weight excluding hydrogens is 298 g/mol. The molecule has 1 rings (SSSR count). The quantitative estimate of drug-likeness (QED) is 0.731. The Kier molecular flexibility index (Phi) is 10.9. The Morgan fingerprint density at radius 3 is 2.59 bits per heavy atom. The van der Waals surface area contributed by atoms with Crippen molar-refractivity contribution >= 4 is 18.3 Å². The van der Waals surface area contributed by atoms with Crippen molar-refractivity contribution in [1.82, 2.24) is 15.5 Å². The number of likely N-dealkylation sites (N-methyl/N-ethyl adjacent to an activating group) is 2. The molecule has 0 aromatic heterocycles. The molecule has 1 aromatic carbocycles. The highest BCUT2D eigenvalue weighted by Crippen LogP contribution is 2.09. The van der Waals surface area contributed by atoms with Crippen molar-refractivity contribution in [2.45, 2.75) is 32.7 Å². The van der Waals surface area contributed by atoms with E-state index in [1.807, 2.05) is 31.3 Å². The molecule has 0 fully saturated rings. The number of carbonyl (C=O) groups excluding carboxylic acids is 1. The second kappa shape index (κ2) is 11.5. The maximum Gasteiger partial charge on any atom is 0.251 e. The summed E-state index contributed by atoms with van der Waals surface area (Å²) in [4.78, 5) is 14.6. The lowest BCUT2D eigenvalue weighted by Gasteiger charge is -2.23. The maximum absolute atomic E-state index is 12.3. The minimum atomic E-state index is 0. The van der Waals surface area contributed by atoms with Crippen LogP contribution in [0.1, 0.15) is 36.2 Å². The van der Waals surface area contributed by atoms with E-state index in [-0.39, 0.29) is 18.3 Å². The number of carbonyl (C=O) groups is 1. The van der Waals surface area contributed by atoms with Crippen molar-refractivity contribution < 1.29 is 4.79 Å². The summed E-state index contributed by atoms with van der Waals surface area (Å²) in [7, 11) is 4.02. The molecular formula is C17H30ClN3O. The predicted octanol–water partition coefficient (Wildman–Crippen LogP) is 2.33. The SMILES string of the molecule is CCC(C)N(C)CCNC(=O)c1ccccc1CCNC.Cl. The zero-order valence-electron chi connectivity index (χ0n) is 14.2. The highest BCUT2D eigenvalue weighted by molar-refractivity contribution is 5.95. The van der Waals surface area contributed by atoms with Crippen molar-refractivity contribution in [1.29, 1.82) is 0 Å². The van der Waals surface area contributed by atoms with Gasteiger partial charge in [0.25, 0.3) is 5.91 Å². The van der Waals surface area contributed by atoms with Gasteiger partial charge in [-0.15, -0.1) is 12.4 Å². The third-order valence-electron chi connectivity index (χ3n) is 4.00. The molecule has 5 heteroatoms. The van der Waals surface area contributed by atoms with E-state index < -0.39 is 0 Å². The summed E-state index contributed by atoms with van der Waals surface area (Å²) in [6, 6.07) is 8.38. The van der Waals surface area contributed by atoms with Gasteiger partial charge in [-0.2, -0.15) is 0 Å². The lowest BCUT2D eigenvalue weighted by molar-refractivity contribution is 0.0946. The van der Waals surface area contributed by atoms with Crippen LogP contribution in [0.2, 0.25) is 0 Å². The van der Waals surface area contributed by atoms with Crippen molar-refractivity contribution in [3.63, 3.8) is 0 Å². The maximum atomic E-state index is 12.3. The molecule has 1 amide bonds. The highest BCUT2D eigenvalue weighted by Gasteiger charge is 2.11. The molecule has 0 radical (unpaired) electrons. The third-order valence-corrected chi connectivity index (χ3v) is 4.00. The Morgan fingerprint density at radius 1 is 1.27 bits per heavy atom. The van der Waals surface area contributed by atoms with Crippen LogP contribution in [0, 0.1) is 0 Å². The second-order valence-electron chi connectivity index (χ2n) is 5.50. The molecule has 0 saturated heterocycles. The number of halogens is 1.